The minimum Gasteiger partial charge on any atom is -0.327 e. The molecule has 0 spiro atoms. The van der Waals surface area contributed by atoms with Crippen LogP contribution in [0.2, 0.25) is 5.02 Å². The van der Waals surface area contributed by atoms with Gasteiger partial charge in [-0.25, -0.2) is 0 Å². The molecule has 0 bridgehead atoms. The number of hydrogen-bond acceptors (Lipinski definition) is 2. The highest BCUT2D eigenvalue weighted by Crippen LogP contribution is 2.37. The Labute approximate surface area is 126 Å². The van der Waals surface area contributed by atoms with Gasteiger partial charge in [-0.15, -0.1) is 11.8 Å². The smallest absolute Gasteiger partial charge is 0.0449 e. The zero-order chi connectivity index (χ0) is 13.7. The topological polar surface area (TPSA) is 26.0 Å². The molecule has 0 saturated heterocycles. The highest BCUT2D eigenvalue weighted by Gasteiger charge is 2.18. The fraction of sp³-hybridized carbons (Fsp3) is 0.625. The average molecular weight is 298 g/mol. The van der Waals surface area contributed by atoms with Crippen LogP contribution in [0.3, 0.4) is 0 Å². The molecule has 0 aliphatic heterocycles. The minimum atomic E-state index is 0.214. The number of nitrogens with two attached hydrogens (primary N) is 1. The Bertz CT molecular complexity index is 402. The molecule has 1 nitrogen and oxygen atoms in total. The average Bonchev–Trinajstić information content (AvgIpc) is 2.43. The molecule has 0 heterocycles. The maximum atomic E-state index is 6.38. The van der Waals surface area contributed by atoms with Gasteiger partial charge in [-0.05, 0) is 43.4 Å². The molecule has 1 fully saturated rings. The van der Waals surface area contributed by atoms with Crippen molar-refractivity contribution in [1.29, 1.82) is 0 Å². The summed E-state index contributed by atoms with van der Waals surface area (Å²) in [7, 11) is 0. The first-order chi connectivity index (χ1) is 9.20. The first-order valence-corrected chi connectivity index (χ1v) is 8.66. The summed E-state index contributed by atoms with van der Waals surface area (Å²) >= 11 is 8.40. The Morgan fingerprint density at radius 2 is 2.05 bits per heavy atom. The third-order valence-corrected chi connectivity index (χ3v) is 5.71. The quantitative estimate of drug-likeness (QED) is 0.823. The van der Waals surface area contributed by atoms with E-state index in [9.17, 15) is 0 Å². The van der Waals surface area contributed by atoms with Crippen LogP contribution >= 0.6 is 23.4 Å². The van der Waals surface area contributed by atoms with E-state index in [4.69, 9.17) is 17.3 Å². The van der Waals surface area contributed by atoms with Crippen molar-refractivity contribution in [2.24, 2.45) is 5.73 Å². The maximum absolute atomic E-state index is 6.38. The summed E-state index contributed by atoms with van der Waals surface area (Å²) in [6.45, 7) is 2.13. The van der Waals surface area contributed by atoms with Crippen LogP contribution in [-0.2, 0) is 6.42 Å². The second kappa shape index (κ2) is 7.56. The van der Waals surface area contributed by atoms with E-state index in [2.05, 4.69) is 19.1 Å². The lowest BCUT2D eigenvalue weighted by Crippen LogP contribution is -2.22. The lowest BCUT2D eigenvalue weighted by molar-refractivity contribution is 0.516. The summed E-state index contributed by atoms with van der Waals surface area (Å²) in [6.07, 6.45) is 8.74. The molecule has 1 aliphatic rings. The standard InChI is InChI=1S/C16H24ClNS/c1-2-12(18)11-14-15(17)9-6-10-16(14)19-13-7-4-3-5-8-13/h6,9-10,12-13H,2-5,7-8,11,18H2,1H3. The SMILES string of the molecule is CCC(N)Cc1c(Cl)cccc1SC1CCCCC1. The predicted octanol–water partition coefficient (Wildman–Crippen LogP) is 5.04. The second-order valence-electron chi connectivity index (χ2n) is 5.47. The summed E-state index contributed by atoms with van der Waals surface area (Å²) in [5, 5.41) is 1.65. The van der Waals surface area contributed by atoms with E-state index in [1.54, 1.807) is 0 Å². The van der Waals surface area contributed by atoms with Crippen LogP contribution in [0.15, 0.2) is 23.1 Å². The number of rotatable bonds is 5. The van der Waals surface area contributed by atoms with Gasteiger partial charge in [0, 0.05) is 21.2 Å². The van der Waals surface area contributed by atoms with Gasteiger partial charge in [0.25, 0.3) is 0 Å². The summed E-state index contributed by atoms with van der Waals surface area (Å²) in [4.78, 5) is 1.35. The van der Waals surface area contributed by atoms with Crippen molar-refractivity contribution in [2.45, 2.75) is 68.1 Å². The number of thioether (sulfide) groups is 1. The minimum absolute atomic E-state index is 0.214. The molecule has 3 heteroatoms. The van der Waals surface area contributed by atoms with Gasteiger partial charge in [-0.2, -0.15) is 0 Å². The lowest BCUT2D eigenvalue weighted by Gasteiger charge is -2.23. The molecule has 1 atom stereocenters. The van der Waals surface area contributed by atoms with Crippen LogP contribution in [-0.4, -0.2) is 11.3 Å². The number of benzene rings is 1. The molecule has 19 heavy (non-hydrogen) atoms. The van der Waals surface area contributed by atoms with Crippen LogP contribution < -0.4 is 5.73 Å². The highest BCUT2D eigenvalue weighted by molar-refractivity contribution is 8.00. The molecule has 1 aromatic rings. The van der Waals surface area contributed by atoms with Crippen LogP contribution in [0.4, 0.5) is 0 Å². The predicted molar refractivity (Wildman–Crippen MR) is 86.2 cm³/mol. The summed E-state index contributed by atoms with van der Waals surface area (Å²) in [6, 6.07) is 6.48. The summed E-state index contributed by atoms with van der Waals surface area (Å²) in [5.41, 5.74) is 7.37. The molecule has 1 unspecified atom stereocenters. The van der Waals surface area contributed by atoms with Crippen molar-refractivity contribution in [3.8, 4) is 0 Å². The first kappa shape index (κ1) is 15.2. The van der Waals surface area contributed by atoms with E-state index in [-0.39, 0.29) is 6.04 Å². The van der Waals surface area contributed by atoms with Gasteiger partial charge in [0.2, 0.25) is 0 Å². The van der Waals surface area contributed by atoms with E-state index in [0.29, 0.717) is 0 Å². The third kappa shape index (κ3) is 4.40. The van der Waals surface area contributed by atoms with Crippen molar-refractivity contribution in [3.05, 3.63) is 28.8 Å². The molecular weight excluding hydrogens is 274 g/mol. The zero-order valence-corrected chi connectivity index (χ0v) is 13.3. The van der Waals surface area contributed by atoms with Gasteiger partial charge < -0.3 is 5.73 Å². The first-order valence-electron chi connectivity index (χ1n) is 7.40. The van der Waals surface area contributed by atoms with Crippen LogP contribution in [0.5, 0.6) is 0 Å². The van der Waals surface area contributed by atoms with Crippen molar-refractivity contribution < 1.29 is 0 Å². The van der Waals surface area contributed by atoms with Crippen LogP contribution in [0.25, 0.3) is 0 Å². The van der Waals surface area contributed by atoms with Crippen molar-refractivity contribution >= 4 is 23.4 Å². The van der Waals surface area contributed by atoms with E-state index in [1.165, 1.54) is 42.6 Å². The van der Waals surface area contributed by atoms with Crippen LogP contribution in [0, 0.1) is 0 Å². The fourth-order valence-corrected chi connectivity index (χ4v) is 4.34. The monoisotopic (exact) mass is 297 g/mol. The largest absolute Gasteiger partial charge is 0.327 e. The summed E-state index contributed by atoms with van der Waals surface area (Å²) < 4.78 is 0. The van der Waals surface area contributed by atoms with Crippen molar-refractivity contribution in [2.75, 3.05) is 0 Å². The van der Waals surface area contributed by atoms with Gasteiger partial charge in [-0.3, -0.25) is 0 Å². The van der Waals surface area contributed by atoms with E-state index in [1.807, 2.05) is 17.8 Å². The Morgan fingerprint density at radius 1 is 1.32 bits per heavy atom. The number of hydrogen-bond donors (Lipinski definition) is 1. The van der Waals surface area contributed by atoms with E-state index >= 15 is 0 Å². The maximum Gasteiger partial charge on any atom is 0.0449 e. The molecule has 1 aliphatic carbocycles. The molecule has 0 aromatic heterocycles. The van der Waals surface area contributed by atoms with Gasteiger partial charge >= 0.3 is 0 Å². The van der Waals surface area contributed by atoms with Gasteiger partial charge in [0.15, 0.2) is 0 Å². The molecular formula is C16H24ClNS. The highest BCUT2D eigenvalue weighted by atomic mass is 35.5. The Balaban J connectivity index is 2.11. The molecule has 2 N–H and O–H groups in total. The molecule has 2 rings (SSSR count). The molecule has 106 valence electrons. The molecule has 0 radical (unpaired) electrons. The van der Waals surface area contributed by atoms with E-state index < -0.39 is 0 Å². The van der Waals surface area contributed by atoms with Crippen molar-refractivity contribution in [1.82, 2.24) is 0 Å². The van der Waals surface area contributed by atoms with Gasteiger partial charge in [-0.1, -0.05) is 43.9 Å². The molecule has 1 aromatic carbocycles. The normalized spacial score (nSPS) is 18.5. The summed E-state index contributed by atoms with van der Waals surface area (Å²) in [5.74, 6) is 0. The third-order valence-electron chi connectivity index (χ3n) is 3.91. The zero-order valence-electron chi connectivity index (χ0n) is 11.7. The molecule has 1 saturated carbocycles. The number of halogens is 1. The van der Waals surface area contributed by atoms with Gasteiger partial charge in [0.05, 0.1) is 0 Å². The lowest BCUT2D eigenvalue weighted by atomic mass is 10.0. The molecule has 0 amide bonds. The van der Waals surface area contributed by atoms with Crippen LogP contribution in [0.1, 0.15) is 51.0 Å². The van der Waals surface area contributed by atoms with Crippen molar-refractivity contribution in [3.63, 3.8) is 0 Å². The Morgan fingerprint density at radius 3 is 2.74 bits per heavy atom. The van der Waals surface area contributed by atoms with E-state index in [0.717, 1.165) is 23.1 Å². The Kier molecular flexibility index (Phi) is 6.06. The Hall–Kier alpha value is -0.180. The van der Waals surface area contributed by atoms with Gasteiger partial charge in [0.1, 0.15) is 0 Å². The fourth-order valence-electron chi connectivity index (χ4n) is 2.62. The second-order valence-corrected chi connectivity index (χ2v) is 7.22.